The minimum atomic E-state index is -2.26. The molecule has 0 aliphatic carbocycles. The Hall–Kier alpha value is -3.10. The van der Waals surface area contributed by atoms with Crippen molar-refractivity contribution in [2.45, 2.75) is 6.61 Å². The van der Waals surface area contributed by atoms with Crippen molar-refractivity contribution in [2.24, 2.45) is 0 Å². The maximum Gasteiger partial charge on any atom is 0.231 e. The summed E-state index contributed by atoms with van der Waals surface area (Å²) in [6.45, 7) is -0.943. The van der Waals surface area contributed by atoms with Crippen LogP contribution in [0.2, 0.25) is 10.0 Å². The van der Waals surface area contributed by atoms with Crippen molar-refractivity contribution in [2.75, 3.05) is 0 Å². The lowest BCUT2D eigenvalue weighted by Gasteiger charge is -2.10. The van der Waals surface area contributed by atoms with E-state index >= 15 is 0 Å². The molecule has 1 aliphatic rings. The summed E-state index contributed by atoms with van der Waals surface area (Å²) in [5.74, 6) is -10.8. The van der Waals surface area contributed by atoms with Gasteiger partial charge in [-0.25, -0.2) is 22.0 Å². The highest BCUT2D eigenvalue weighted by molar-refractivity contribution is 6.35. The molecule has 4 rings (SSSR count). The van der Waals surface area contributed by atoms with Gasteiger partial charge in [0.15, 0.2) is 29.0 Å². The lowest BCUT2D eigenvalue weighted by atomic mass is 10.1. The van der Waals surface area contributed by atoms with Crippen molar-refractivity contribution in [1.29, 1.82) is 0 Å². The van der Waals surface area contributed by atoms with Crippen molar-refractivity contribution in [3.05, 3.63) is 98.0 Å². The fourth-order valence-corrected chi connectivity index (χ4v) is 3.41. The molecular formula is C22H9Cl2F5O3. The second-order valence-electron chi connectivity index (χ2n) is 6.60. The minimum Gasteiger partial charge on any atom is -0.489 e. The molecule has 3 aromatic rings. The summed E-state index contributed by atoms with van der Waals surface area (Å²) in [5.41, 5.74) is -0.461. The van der Waals surface area contributed by atoms with Crippen LogP contribution in [0.25, 0.3) is 6.08 Å². The predicted molar refractivity (Wildman–Crippen MR) is 106 cm³/mol. The number of carbonyl (C=O) groups is 1. The van der Waals surface area contributed by atoms with Gasteiger partial charge in [-0.3, -0.25) is 4.79 Å². The van der Waals surface area contributed by atoms with Crippen LogP contribution in [0.1, 0.15) is 21.5 Å². The number of carbonyl (C=O) groups excluding carboxylic acids is 1. The third-order valence-electron chi connectivity index (χ3n) is 4.57. The zero-order chi connectivity index (χ0) is 23.2. The summed E-state index contributed by atoms with van der Waals surface area (Å²) in [4.78, 5) is 12.5. The third-order valence-corrected chi connectivity index (χ3v) is 5.14. The second kappa shape index (κ2) is 8.44. The van der Waals surface area contributed by atoms with Gasteiger partial charge in [-0.05, 0) is 35.9 Å². The SMILES string of the molecule is O=C1C(=Cc2ccc(Cl)cc2Cl)Oc2cc(OCc3c(F)c(F)c(F)c(F)c3F)ccc21. The molecule has 0 spiro atoms. The van der Waals surface area contributed by atoms with Crippen LogP contribution in [0.4, 0.5) is 22.0 Å². The minimum absolute atomic E-state index is 0.0220. The summed E-state index contributed by atoms with van der Waals surface area (Å²) in [6.07, 6.45) is 1.41. The van der Waals surface area contributed by atoms with Gasteiger partial charge in [-0.1, -0.05) is 29.3 Å². The zero-order valence-electron chi connectivity index (χ0n) is 15.6. The summed E-state index contributed by atoms with van der Waals surface area (Å²) in [5, 5.41) is 0.707. The van der Waals surface area contributed by atoms with Gasteiger partial charge in [-0.2, -0.15) is 0 Å². The Morgan fingerprint density at radius 2 is 1.53 bits per heavy atom. The quantitative estimate of drug-likeness (QED) is 0.174. The molecule has 0 amide bonds. The number of Topliss-reactive ketones (excluding diaryl/α,β-unsaturated/α-hetero) is 1. The summed E-state index contributed by atoms with van der Waals surface area (Å²) >= 11 is 11.9. The van der Waals surface area contributed by atoms with Crippen LogP contribution in [0.3, 0.4) is 0 Å². The van der Waals surface area contributed by atoms with Crippen LogP contribution in [-0.2, 0) is 6.61 Å². The maximum atomic E-state index is 13.8. The topological polar surface area (TPSA) is 35.5 Å². The Kier molecular flexibility index (Phi) is 5.83. The zero-order valence-corrected chi connectivity index (χ0v) is 17.1. The molecule has 164 valence electrons. The Morgan fingerprint density at radius 1 is 0.875 bits per heavy atom. The van der Waals surface area contributed by atoms with Crippen molar-refractivity contribution < 1.29 is 36.2 Å². The van der Waals surface area contributed by atoms with E-state index in [2.05, 4.69) is 0 Å². The first-order valence-corrected chi connectivity index (χ1v) is 9.59. The van der Waals surface area contributed by atoms with E-state index in [-0.39, 0.29) is 22.8 Å². The highest BCUT2D eigenvalue weighted by Crippen LogP contribution is 2.36. The first-order chi connectivity index (χ1) is 15.2. The maximum absolute atomic E-state index is 13.8. The normalized spacial score (nSPS) is 14.0. The van der Waals surface area contributed by atoms with E-state index in [1.165, 1.54) is 30.3 Å². The van der Waals surface area contributed by atoms with E-state index in [9.17, 15) is 26.7 Å². The molecule has 3 aromatic carbocycles. The summed E-state index contributed by atoms with van der Waals surface area (Å²) in [7, 11) is 0. The van der Waals surface area contributed by atoms with Gasteiger partial charge in [0.2, 0.25) is 11.6 Å². The van der Waals surface area contributed by atoms with Crippen LogP contribution >= 0.6 is 23.2 Å². The average molecular weight is 487 g/mol. The number of ketones is 1. The second-order valence-corrected chi connectivity index (χ2v) is 7.44. The van der Waals surface area contributed by atoms with Crippen LogP contribution in [0.5, 0.6) is 11.5 Å². The Morgan fingerprint density at radius 3 is 2.19 bits per heavy atom. The molecule has 0 saturated heterocycles. The number of hydrogen-bond donors (Lipinski definition) is 0. The molecule has 32 heavy (non-hydrogen) atoms. The standard InChI is InChI=1S/C22H9Cl2F5O3/c23-10-2-1-9(14(24)6-10)5-16-22(30)12-4-3-11(7-15(12)32-16)31-8-13-17(25)19(27)21(29)20(28)18(13)26/h1-7H,8H2. The average Bonchev–Trinajstić information content (AvgIpc) is 3.07. The molecule has 0 fully saturated rings. The van der Waals surface area contributed by atoms with Crippen molar-refractivity contribution in [3.8, 4) is 11.5 Å². The molecule has 3 nitrogen and oxygen atoms in total. The third kappa shape index (κ3) is 3.91. The number of rotatable bonds is 4. The molecule has 0 bridgehead atoms. The van der Waals surface area contributed by atoms with Gasteiger partial charge >= 0.3 is 0 Å². The number of hydrogen-bond acceptors (Lipinski definition) is 3. The van der Waals surface area contributed by atoms with E-state index < -0.39 is 47.0 Å². The number of halogens is 7. The van der Waals surface area contributed by atoms with Crippen molar-refractivity contribution in [1.82, 2.24) is 0 Å². The van der Waals surface area contributed by atoms with Crippen molar-refractivity contribution >= 4 is 35.1 Å². The molecule has 0 aromatic heterocycles. The summed E-state index contributed by atoms with van der Waals surface area (Å²) < 4.78 is 78.1. The molecule has 0 radical (unpaired) electrons. The number of ether oxygens (including phenoxy) is 2. The van der Waals surface area contributed by atoms with Gasteiger partial charge < -0.3 is 9.47 Å². The van der Waals surface area contributed by atoms with E-state index in [0.717, 1.165) is 0 Å². The van der Waals surface area contributed by atoms with Crippen LogP contribution in [0, 0.1) is 29.1 Å². The lowest BCUT2D eigenvalue weighted by Crippen LogP contribution is -2.09. The first kappa shape index (κ1) is 22.1. The van der Waals surface area contributed by atoms with Crippen LogP contribution in [-0.4, -0.2) is 5.78 Å². The molecular weight excluding hydrogens is 478 g/mol. The molecule has 1 heterocycles. The number of allylic oxidation sites excluding steroid dienone is 1. The number of benzene rings is 3. The fourth-order valence-electron chi connectivity index (χ4n) is 2.95. The smallest absolute Gasteiger partial charge is 0.231 e. The van der Waals surface area contributed by atoms with Gasteiger partial charge in [0.1, 0.15) is 18.1 Å². The van der Waals surface area contributed by atoms with Crippen LogP contribution < -0.4 is 9.47 Å². The van der Waals surface area contributed by atoms with E-state index in [1.807, 2.05) is 0 Å². The van der Waals surface area contributed by atoms with Gasteiger partial charge in [0.05, 0.1) is 11.1 Å². The van der Waals surface area contributed by atoms with Gasteiger partial charge in [0.25, 0.3) is 0 Å². The highest BCUT2D eigenvalue weighted by Gasteiger charge is 2.29. The molecule has 1 aliphatic heterocycles. The van der Waals surface area contributed by atoms with Crippen molar-refractivity contribution in [3.63, 3.8) is 0 Å². The van der Waals surface area contributed by atoms with E-state index in [4.69, 9.17) is 32.7 Å². The number of fused-ring (bicyclic) bond motifs is 1. The Labute approximate surface area is 187 Å². The predicted octanol–water partition coefficient (Wildman–Crippen LogP) is 6.88. The molecule has 0 N–H and O–H groups in total. The molecule has 0 saturated carbocycles. The monoisotopic (exact) mass is 486 g/mol. The molecule has 10 heteroatoms. The largest absolute Gasteiger partial charge is 0.489 e. The van der Waals surface area contributed by atoms with E-state index in [0.29, 0.717) is 15.6 Å². The molecule has 0 atom stereocenters. The highest BCUT2D eigenvalue weighted by atomic mass is 35.5. The summed E-state index contributed by atoms with van der Waals surface area (Å²) in [6, 6.07) is 8.56. The Balaban J connectivity index is 1.57. The van der Waals surface area contributed by atoms with Crippen LogP contribution in [0.15, 0.2) is 42.2 Å². The van der Waals surface area contributed by atoms with E-state index in [1.54, 1.807) is 12.1 Å². The first-order valence-electron chi connectivity index (χ1n) is 8.84. The fraction of sp³-hybridized carbons (Fsp3) is 0.0455. The van der Waals surface area contributed by atoms with Gasteiger partial charge in [-0.15, -0.1) is 0 Å². The molecule has 0 unspecified atom stereocenters. The Bertz CT molecular complexity index is 1280. The van der Waals surface area contributed by atoms with Gasteiger partial charge in [0, 0.05) is 16.1 Å². The lowest BCUT2D eigenvalue weighted by molar-refractivity contribution is 0.101.